The van der Waals surface area contributed by atoms with Crippen LogP contribution in [0.1, 0.15) is 50.2 Å². The van der Waals surface area contributed by atoms with E-state index < -0.39 is 0 Å². The van der Waals surface area contributed by atoms with Gasteiger partial charge in [0.2, 0.25) is 17.6 Å². The predicted molar refractivity (Wildman–Crippen MR) is 105 cm³/mol. The number of benzene rings is 1. The quantitative estimate of drug-likeness (QED) is 0.568. The molecule has 6 nitrogen and oxygen atoms in total. The van der Waals surface area contributed by atoms with Gasteiger partial charge in [-0.1, -0.05) is 11.2 Å². The molecule has 1 amide bonds. The molecule has 2 aromatic heterocycles. The molecule has 3 aromatic rings. The van der Waals surface area contributed by atoms with Crippen LogP contribution in [0.5, 0.6) is 0 Å². The number of amides is 1. The molecule has 1 atom stereocenters. The first-order chi connectivity index (χ1) is 14.1. The molecule has 1 aliphatic rings. The molecule has 1 saturated carbocycles. The maximum Gasteiger partial charge on any atom is 0.226 e. The van der Waals surface area contributed by atoms with Gasteiger partial charge in [0.25, 0.3) is 0 Å². The highest BCUT2D eigenvalue weighted by Gasteiger charge is 2.36. The molecular weight excluding hydrogens is 371 g/mol. The smallest absolute Gasteiger partial charge is 0.226 e. The lowest BCUT2D eigenvalue weighted by Gasteiger charge is -2.29. The Labute approximate surface area is 168 Å². The Morgan fingerprint density at radius 2 is 2.03 bits per heavy atom. The van der Waals surface area contributed by atoms with E-state index in [1.165, 1.54) is 12.1 Å². The largest absolute Gasteiger partial charge is 0.339 e. The molecule has 29 heavy (non-hydrogen) atoms. The molecule has 1 aromatic carbocycles. The van der Waals surface area contributed by atoms with Gasteiger partial charge in [-0.3, -0.25) is 9.78 Å². The number of aryl methyl sites for hydroxylation is 1. The van der Waals surface area contributed by atoms with Crippen LogP contribution in [-0.4, -0.2) is 32.0 Å². The Kier molecular flexibility index (Phi) is 5.64. The van der Waals surface area contributed by atoms with Crippen molar-refractivity contribution in [1.29, 1.82) is 0 Å². The van der Waals surface area contributed by atoms with Gasteiger partial charge in [0.05, 0.1) is 11.7 Å². The van der Waals surface area contributed by atoms with Crippen molar-refractivity contribution in [1.82, 2.24) is 20.0 Å². The van der Waals surface area contributed by atoms with Crippen molar-refractivity contribution in [3.63, 3.8) is 0 Å². The molecule has 1 aliphatic carbocycles. The summed E-state index contributed by atoms with van der Waals surface area (Å²) in [6.45, 7) is 2.03. The van der Waals surface area contributed by atoms with E-state index in [-0.39, 0.29) is 17.8 Å². The van der Waals surface area contributed by atoms with Crippen molar-refractivity contribution in [2.24, 2.45) is 0 Å². The molecule has 0 N–H and O–H groups in total. The molecule has 0 radical (unpaired) electrons. The maximum atomic E-state index is 13.0. The van der Waals surface area contributed by atoms with Crippen molar-refractivity contribution in [2.45, 2.75) is 51.1 Å². The van der Waals surface area contributed by atoms with Gasteiger partial charge >= 0.3 is 0 Å². The Balaban J connectivity index is 1.34. The maximum absolute atomic E-state index is 13.0. The van der Waals surface area contributed by atoms with Crippen LogP contribution in [0.3, 0.4) is 0 Å². The molecule has 2 heterocycles. The monoisotopic (exact) mass is 394 g/mol. The van der Waals surface area contributed by atoms with Gasteiger partial charge in [0.1, 0.15) is 5.82 Å². The minimum Gasteiger partial charge on any atom is -0.339 e. The Morgan fingerprint density at radius 1 is 1.24 bits per heavy atom. The van der Waals surface area contributed by atoms with E-state index in [1.54, 1.807) is 18.3 Å². The molecule has 7 heteroatoms. The third-order valence-electron chi connectivity index (χ3n) is 5.11. The van der Waals surface area contributed by atoms with Crippen molar-refractivity contribution in [3.8, 4) is 11.4 Å². The highest BCUT2D eigenvalue weighted by Crippen LogP contribution is 2.34. The van der Waals surface area contributed by atoms with Gasteiger partial charge in [0, 0.05) is 30.6 Å². The van der Waals surface area contributed by atoms with Crippen LogP contribution in [0.2, 0.25) is 0 Å². The van der Waals surface area contributed by atoms with Gasteiger partial charge in [-0.05, 0) is 62.6 Å². The standard InChI is InChI=1S/C22H23FN4O2/c1-15(19-5-2-3-14-24-19)27(18-12-13-18)21(28)7-4-6-20-25-22(26-29-20)16-8-10-17(23)11-9-16/h2-3,5,8-11,14-15,18H,4,6-7,12-13H2,1H3. The summed E-state index contributed by atoms with van der Waals surface area (Å²) >= 11 is 0. The molecule has 4 rings (SSSR count). The van der Waals surface area contributed by atoms with Crippen molar-refractivity contribution in [3.05, 3.63) is 66.1 Å². The van der Waals surface area contributed by atoms with Crippen LogP contribution < -0.4 is 0 Å². The second-order valence-corrected chi connectivity index (χ2v) is 7.33. The zero-order valence-corrected chi connectivity index (χ0v) is 16.3. The lowest BCUT2D eigenvalue weighted by Crippen LogP contribution is -2.35. The molecule has 0 spiro atoms. The summed E-state index contributed by atoms with van der Waals surface area (Å²) in [5.41, 5.74) is 1.61. The summed E-state index contributed by atoms with van der Waals surface area (Å²) in [5, 5.41) is 3.94. The van der Waals surface area contributed by atoms with E-state index >= 15 is 0 Å². The number of halogens is 1. The van der Waals surface area contributed by atoms with Gasteiger partial charge < -0.3 is 9.42 Å². The summed E-state index contributed by atoms with van der Waals surface area (Å²) in [6, 6.07) is 12.0. The highest BCUT2D eigenvalue weighted by atomic mass is 19.1. The summed E-state index contributed by atoms with van der Waals surface area (Å²) < 4.78 is 18.3. The fraction of sp³-hybridized carbons (Fsp3) is 0.364. The number of hydrogen-bond acceptors (Lipinski definition) is 5. The van der Waals surface area contributed by atoms with E-state index in [9.17, 15) is 9.18 Å². The van der Waals surface area contributed by atoms with Crippen LogP contribution in [0.15, 0.2) is 53.2 Å². The average Bonchev–Trinajstić information content (AvgIpc) is 3.46. The average molecular weight is 394 g/mol. The Morgan fingerprint density at radius 3 is 2.72 bits per heavy atom. The topological polar surface area (TPSA) is 72.1 Å². The third-order valence-corrected chi connectivity index (χ3v) is 5.11. The SMILES string of the molecule is CC(c1ccccn1)N(C(=O)CCCc1nc(-c2ccc(F)cc2)no1)C1CC1. The zero-order chi connectivity index (χ0) is 20.2. The molecular formula is C22H23FN4O2. The fourth-order valence-electron chi connectivity index (χ4n) is 3.45. The van der Waals surface area contributed by atoms with Gasteiger partial charge in [-0.15, -0.1) is 0 Å². The first-order valence-electron chi connectivity index (χ1n) is 9.92. The van der Waals surface area contributed by atoms with Gasteiger partial charge in [0.15, 0.2) is 0 Å². The van der Waals surface area contributed by atoms with Crippen molar-refractivity contribution >= 4 is 5.91 Å². The lowest BCUT2D eigenvalue weighted by molar-refractivity contribution is -0.134. The summed E-state index contributed by atoms with van der Waals surface area (Å²) in [6.07, 6.45) is 5.43. The number of rotatable bonds is 8. The van der Waals surface area contributed by atoms with E-state index in [0.717, 1.165) is 18.5 Å². The van der Waals surface area contributed by atoms with Crippen molar-refractivity contribution < 1.29 is 13.7 Å². The number of carbonyl (C=O) groups is 1. The summed E-state index contributed by atoms with van der Waals surface area (Å²) in [4.78, 5) is 23.6. The first kappa shape index (κ1) is 19.2. The minimum atomic E-state index is -0.309. The van der Waals surface area contributed by atoms with Crippen molar-refractivity contribution in [2.75, 3.05) is 0 Å². The van der Waals surface area contributed by atoms with Crippen LogP contribution in [0.4, 0.5) is 4.39 Å². The van der Waals surface area contributed by atoms with E-state index in [0.29, 0.717) is 42.6 Å². The number of pyridine rings is 1. The second-order valence-electron chi connectivity index (χ2n) is 7.33. The molecule has 0 aliphatic heterocycles. The summed E-state index contributed by atoms with van der Waals surface area (Å²) in [5.74, 6) is 0.725. The van der Waals surface area contributed by atoms with Crippen LogP contribution in [-0.2, 0) is 11.2 Å². The molecule has 0 bridgehead atoms. The Hall–Kier alpha value is -3.09. The van der Waals surface area contributed by atoms with Gasteiger partial charge in [-0.2, -0.15) is 4.98 Å². The molecule has 0 saturated heterocycles. The summed E-state index contributed by atoms with van der Waals surface area (Å²) in [7, 11) is 0. The minimum absolute atomic E-state index is 0.0373. The fourth-order valence-corrected chi connectivity index (χ4v) is 3.45. The second kappa shape index (κ2) is 8.51. The Bertz CT molecular complexity index is 954. The van der Waals surface area contributed by atoms with Crippen LogP contribution >= 0.6 is 0 Å². The normalized spacial score (nSPS) is 14.6. The van der Waals surface area contributed by atoms with E-state index in [4.69, 9.17) is 4.52 Å². The number of hydrogen-bond donors (Lipinski definition) is 0. The van der Waals surface area contributed by atoms with E-state index in [2.05, 4.69) is 15.1 Å². The highest BCUT2D eigenvalue weighted by molar-refractivity contribution is 5.77. The third kappa shape index (κ3) is 4.67. The number of nitrogens with zero attached hydrogens (tertiary/aromatic N) is 4. The molecule has 1 fully saturated rings. The van der Waals surface area contributed by atoms with Crippen LogP contribution in [0.25, 0.3) is 11.4 Å². The van der Waals surface area contributed by atoms with E-state index in [1.807, 2.05) is 30.0 Å². The first-order valence-corrected chi connectivity index (χ1v) is 9.92. The predicted octanol–water partition coefficient (Wildman–Crippen LogP) is 4.35. The molecule has 1 unspecified atom stereocenters. The molecule has 150 valence electrons. The number of aromatic nitrogens is 3. The number of carbonyl (C=O) groups excluding carboxylic acids is 1. The zero-order valence-electron chi connectivity index (χ0n) is 16.3. The van der Waals surface area contributed by atoms with Gasteiger partial charge in [-0.25, -0.2) is 4.39 Å². The van der Waals surface area contributed by atoms with Crippen LogP contribution in [0, 0.1) is 5.82 Å². The lowest BCUT2D eigenvalue weighted by atomic mass is 10.1.